The Kier molecular flexibility index (Phi) is 7.30. The summed E-state index contributed by atoms with van der Waals surface area (Å²) >= 11 is 7.07. The van der Waals surface area contributed by atoms with Gasteiger partial charge in [0.1, 0.15) is 4.32 Å². The predicted octanol–water partition coefficient (Wildman–Crippen LogP) is 3.67. The maximum absolute atomic E-state index is 12.3. The van der Waals surface area contributed by atoms with Crippen molar-refractivity contribution in [1.82, 2.24) is 9.80 Å². The van der Waals surface area contributed by atoms with Gasteiger partial charge in [-0.15, -0.1) is 0 Å². The van der Waals surface area contributed by atoms with Gasteiger partial charge in [-0.1, -0.05) is 56.1 Å². The highest BCUT2D eigenvalue weighted by molar-refractivity contribution is 8.23. The number of hydrogen-bond donors (Lipinski definition) is 0. The smallest absolute Gasteiger partial charge is 0.233 e. The fraction of sp³-hybridized carbons (Fsp3) is 0.875. The molecule has 0 unspecified atom stereocenters. The fourth-order valence-corrected chi connectivity index (χ4v) is 4.42. The Hall–Kier alpha value is -0.290. The number of nitrogens with zero attached hydrogens (tertiary/aromatic N) is 2. The molecule has 5 heteroatoms. The van der Waals surface area contributed by atoms with Crippen LogP contribution in [-0.2, 0) is 4.79 Å². The van der Waals surface area contributed by atoms with Crippen LogP contribution >= 0.6 is 24.0 Å². The third kappa shape index (κ3) is 5.44. The van der Waals surface area contributed by atoms with Crippen molar-refractivity contribution >= 4 is 34.2 Å². The first-order valence-electron chi connectivity index (χ1n) is 8.36. The summed E-state index contributed by atoms with van der Waals surface area (Å²) in [6.45, 7) is 2.14. The molecule has 1 aliphatic heterocycles. The molecule has 1 aliphatic carbocycles. The summed E-state index contributed by atoms with van der Waals surface area (Å²) in [5, 5.41) is 0. The summed E-state index contributed by atoms with van der Waals surface area (Å²) in [6, 6.07) is 0.457. The van der Waals surface area contributed by atoms with Gasteiger partial charge in [0.15, 0.2) is 0 Å². The second-order valence-corrected chi connectivity index (χ2v) is 7.86. The van der Waals surface area contributed by atoms with E-state index in [1.807, 2.05) is 11.9 Å². The third-order valence-electron chi connectivity index (χ3n) is 4.70. The van der Waals surface area contributed by atoms with Crippen LogP contribution in [0.25, 0.3) is 0 Å². The zero-order valence-electron chi connectivity index (χ0n) is 13.2. The van der Waals surface area contributed by atoms with Crippen LogP contribution in [0.2, 0.25) is 0 Å². The van der Waals surface area contributed by atoms with Crippen LogP contribution in [0.1, 0.15) is 57.8 Å². The van der Waals surface area contributed by atoms with Gasteiger partial charge in [-0.3, -0.25) is 4.79 Å². The number of hydrogen-bond acceptors (Lipinski definition) is 3. The third-order valence-corrected chi connectivity index (χ3v) is 6.21. The average Bonchev–Trinajstić information content (AvgIpc) is 2.81. The van der Waals surface area contributed by atoms with Crippen LogP contribution in [0, 0.1) is 0 Å². The minimum Gasteiger partial charge on any atom is -0.358 e. The van der Waals surface area contributed by atoms with Crippen LogP contribution in [0.3, 0.4) is 0 Å². The predicted molar refractivity (Wildman–Crippen MR) is 94.7 cm³/mol. The number of thioether (sulfide) groups is 1. The molecule has 1 saturated carbocycles. The lowest BCUT2D eigenvalue weighted by molar-refractivity contribution is -0.129. The van der Waals surface area contributed by atoms with Crippen molar-refractivity contribution in [3.8, 4) is 0 Å². The molecule has 1 amide bonds. The molecule has 2 fully saturated rings. The van der Waals surface area contributed by atoms with Gasteiger partial charge in [0.2, 0.25) is 5.91 Å². The monoisotopic (exact) mass is 328 g/mol. The Morgan fingerprint density at radius 1 is 1.10 bits per heavy atom. The molecule has 1 saturated heterocycles. The van der Waals surface area contributed by atoms with E-state index in [0.717, 1.165) is 17.4 Å². The van der Waals surface area contributed by atoms with Crippen LogP contribution in [-0.4, -0.2) is 52.0 Å². The van der Waals surface area contributed by atoms with Crippen LogP contribution in [0.15, 0.2) is 0 Å². The largest absolute Gasteiger partial charge is 0.358 e. The maximum Gasteiger partial charge on any atom is 0.233 e. The van der Waals surface area contributed by atoms with Gasteiger partial charge in [0.25, 0.3) is 0 Å². The van der Waals surface area contributed by atoms with E-state index in [2.05, 4.69) is 4.90 Å². The zero-order chi connectivity index (χ0) is 15.1. The molecule has 21 heavy (non-hydrogen) atoms. The molecule has 3 nitrogen and oxygen atoms in total. The van der Waals surface area contributed by atoms with Crippen molar-refractivity contribution < 1.29 is 4.79 Å². The second-order valence-electron chi connectivity index (χ2n) is 6.25. The molecule has 0 aromatic carbocycles. The molecule has 0 radical (unpaired) electrons. The molecule has 0 spiro atoms. The summed E-state index contributed by atoms with van der Waals surface area (Å²) in [4.78, 5) is 16.6. The number of amides is 1. The molecule has 120 valence electrons. The average molecular weight is 329 g/mol. The van der Waals surface area contributed by atoms with Crippen molar-refractivity contribution in [2.75, 3.05) is 25.9 Å². The van der Waals surface area contributed by atoms with E-state index in [9.17, 15) is 4.79 Å². The Labute approximate surface area is 138 Å². The Bertz CT molecular complexity index is 348. The van der Waals surface area contributed by atoms with E-state index in [0.29, 0.717) is 11.8 Å². The van der Waals surface area contributed by atoms with Crippen LogP contribution < -0.4 is 0 Å². The van der Waals surface area contributed by atoms with Crippen molar-refractivity contribution in [1.29, 1.82) is 0 Å². The van der Waals surface area contributed by atoms with Crippen molar-refractivity contribution in [3.63, 3.8) is 0 Å². The molecule has 2 aliphatic rings. The molecule has 0 bridgehead atoms. The first-order chi connectivity index (χ1) is 10.2. The lowest BCUT2D eigenvalue weighted by Gasteiger charge is -2.31. The van der Waals surface area contributed by atoms with Gasteiger partial charge in [-0.25, -0.2) is 0 Å². The number of rotatable bonds is 3. The minimum absolute atomic E-state index is 0.240. The van der Waals surface area contributed by atoms with Gasteiger partial charge >= 0.3 is 0 Å². The van der Waals surface area contributed by atoms with Gasteiger partial charge in [-0.05, 0) is 25.7 Å². The topological polar surface area (TPSA) is 23.6 Å². The highest BCUT2D eigenvalue weighted by Gasteiger charge is 2.22. The number of thiocarbonyl (C=S) groups is 1. The molecule has 1 heterocycles. The van der Waals surface area contributed by atoms with Crippen molar-refractivity contribution in [2.45, 2.75) is 63.8 Å². The number of carbonyl (C=O) groups is 1. The Morgan fingerprint density at radius 3 is 2.29 bits per heavy atom. The van der Waals surface area contributed by atoms with Crippen molar-refractivity contribution in [3.05, 3.63) is 0 Å². The van der Waals surface area contributed by atoms with Crippen LogP contribution in [0.5, 0.6) is 0 Å². The molecular formula is C16H28N2OS2. The molecular weight excluding hydrogens is 300 g/mol. The second kappa shape index (κ2) is 8.99. The minimum atomic E-state index is 0.240. The lowest BCUT2D eigenvalue weighted by Crippen LogP contribution is -2.40. The normalized spacial score (nSPS) is 20.9. The summed E-state index contributed by atoms with van der Waals surface area (Å²) in [5.74, 6) is 0.742. The maximum atomic E-state index is 12.3. The lowest BCUT2D eigenvalue weighted by atomic mass is 9.94. The molecule has 2 rings (SSSR count). The van der Waals surface area contributed by atoms with E-state index in [4.69, 9.17) is 12.2 Å². The van der Waals surface area contributed by atoms with E-state index in [1.165, 1.54) is 57.8 Å². The molecule has 0 aromatic heterocycles. The van der Waals surface area contributed by atoms with E-state index < -0.39 is 0 Å². The van der Waals surface area contributed by atoms with Gasteiger partial charge < -0.3 is 9.80 Å². The van der Waals surface area contributed by atoms with Crippen molar-refractivity contribution in [2.24, 2.45) is 0 Å². The molecule has 0 atom stereocenters. The fourth-order valence-electron chi connectivity index (χ4n) is 3.24. The van der Waals surface area contributed by atoms with Crippen LogP contribution in [0.4, 0.5) is 0 Å². The summed E-state index contributed by atoms with van der Waals surface area (Å²) in [7, 11) is 1.97. The van der Waals surface area contributed by atoms with E-state index >= 15 is 0 Å². The highest BCUT2D eigenvalue weighted by atomic mass is 32.2. The van der Waals surface area contributed by atoms with Gasteiger partial charge in [-0.2, -0.15) is 0 Å². The summed E-state index contributed by atoms with van der Waals surface area (Å²) in [6.07, 6.45) is 11.3. The Balaban J connectivity index is 1.73. The SMILES string of the molecule is CN(C(=O)CSC(=S)N1CCCCCC1)C1CCCCC1. The summed E-state index contributed by atoms with van der Waals surface area (Å²) in [5.41, 5.74) is 0. The van der Waals surface area contributed by atoms with Gasteiger partial charge in [0.05, 0.1) is 5.75 Å². The number of carbonyl (C=O) groups excluding carboxylic acids is 1. The quantitative estimate of drug-likeness (QED) is 0.738. The highest BCUT2D eigenvalue weighted by Crippen LogP contribution is 2.23. The zero-order valence-corrected chi connectivity index (χ0v) is 14.8. The first kappa shape index (κ1) is 17.1. The van der Waals surface area contributed by atoms with E-state index in [-0.39, 0.29) is 5.91 Å². The molecule has 0 N–H and O–H groups in total. The van der Waals surface area contributed by atoms with Gasteiger partial charge in [0, 0.05) is 26.2 Å². The summed E-state index contributed by atoms with van der Waals surface area (Å²) < 4.78 is 0.919. The standard InChI is InChI=1S/C16H28N2OS2/c1-17(14-9-5-4-6-10-14)15(19)13-21-16(20)18-11-7-2-3-8-12-18/h14H,2-13H2,1H3. The van der Waals surface area contributed by atoms with E-state index in [1.54, 1.807) is 11.8 Å². The Morgan fingerprint density at radius 2 is 1.67 bits per heavy atom. The number of likely N-dealkylation sites (tertiary alicyclic amines) is 1. The molecule has 0 aromatic rings. The first-order valence-corrected chi connectivity index (χ1v) is 9.75.